The van der Waals surface area contributed by atoms with Gasteiger partial charge in [-0.1, -0.05) is 19.9 Å². The molecular weight excluding hydrogens is 431 g/mol. The Morgan fingerprint density at radius 1 is 1.42 bits per heavy atom. The predicted molar refractivity (Wildman–Crippen MR) is 115 cm³/mol. The zero-order chi connectivity index (χ0) is 16.4. The van der Waals surface area contributed by atoms with E-state index in [1.807, 2.05) is 18.4 Å². The lowest BCUT2D eigenvalue weighted by molar-refractivity contribution is 0.256. The number of thiophene rings is 1. The second-order valence-electron chi connectivity index (χ2n) is 7.64. The van der Waals surface area contributed by atoms with Gasteiger partial charge < -0.3 is 10.6 Å². The van der Waals surface area contributed by atoms with E-state index in [4.69, 9.17) is 0 Å². The maximum atomic E-state index is 4.43. The number of likely N-dealkylation sites (tertiary alicyclic amines) is 1. The van der Waals surface area contributed by atoms with Crippen LogP contribution in [0.4, 0.5) is 0 Å². The van der Waals surface area contributed by atoms with Crippen molar-refractivity contribution < 1.29 is 0 Å². The molecule has 0 amide bonds. The lowest BCUT2D eigenvalue weighted by Crippen LogP contribution is -2.47. The second-order valence-corrected chi connectivity index (χ2v) is 8.59. The summed E-state index contributed by atoms with van der Waals surface area (Å²) in [4.78, 5) is 8.50. The summed E-state index contributed by atoms with van der Waals surface area (Å²) in [6, 6.07) is 6.41. The average Bonchev–Trinajstić information content (AvgIpc) is 3.06. The van der Waals surface area contributed by atoms with Gasteiger partial charge in [0.2, 0.25) is 0 Å². The first-order chi connectivity index (χ1) is 11.0. The van der Waals surface area contributed by atoms with Crippen LogP contribution in [0, 0.1) is 0 Å². The summed E-state index contributed by atoms with van der Waals surface area (Å²) in [5.41, 5.74) is 0.120. The van der Waals surface area contributed by atoms with Gasteiger partial charge in [0.1, 0.15) is 0 Å². The first kappa shape index (κ1) is 20.0. The Bertz CT molecular complexity index is 539. The van der Waals surface area contributed by atoms with Crippen LogP contribution in [-0.4, -0.2) is 49.1 Å². The van der Waals surface area contributed by atoms with Crippen molar-refractivity contribution in [1.82, 2.24) is 15.5 Å². The zero-order valence-electron chi connectivity index (χ0n) is 15.2. The van der Waals surface area contributed by atoms with Crippen molar-refractivity contribution in [3.8, 4) is 0 Å². The molecule has 1 aromatic heterocycles. The highest BCUT2D eigenvalue weighted by molar-refractivity contribution is 14.0. The van der Waals surface area contributed by atoms with E-state index in [0.29, 0.717) is 12.1 Å². The number of hydrogen-bond acceptors (Lipinski definition) is 3. The Kier molecular flexibility index (Phi) is 6.96. The van der Waals surface area contributed by atoms with E-state index >= 15 is 0 Å². The predicted octanol–water partition coefficient (Wildman–Crippen LogP) is 3.43. The summed E-state index contributed by atoms with van der Waals surface area (Å²) >= 11 is 1.83. The zero-order valence-corrected chi connectivity index (χ0v) is 18.4. The normalized spacial score (nSPS) is 25.4. The van der Waals surface area contributed by atoms with Gasteiger partial charge in [-0.2, -0.15) is 0 Å². The first-order valence-electron chi connectivity index (χ1n) is 8.76. The van der Waals surface area contributed by atoms with Crippen LogP contribution in [-0.2, 0) is 5.41 Å². The Morgan fingerprint density at radius 3 is 2.75 bits per heavy atom. The molecule has 2 N–H and O–H groups in total. The third-order valence-electron chi connectivity index (χ3n) is 5.09. The van der Waals surface area contributed by atoms with E-state index in [-0.39, 0.29) is 29.4 Å². The Labute approximate surface area is 167 Å². The van der Waals surface area contributed by atoms with Gasteiger partial charge in [-0.15, -0.1) is 35.3 Å². The molecule has 24 heavy (non-hydrogen) atoms. The molecule has 2 heterocycles. The minimum atomic E-state index is 0. The highest BCUT2D eigenvalue weighted by Crippen LogP contribution is 2.33. The van der Waals surface area contributed by atoms with Crippen LogP contribution in [0.2, 0.25) is 0 Å². The van der Waals surface area contributed by atoms with Crippen LogP contribution in [0.1, 0.15) is 44.9 Å². The van der Waals surface area contributed by atoms with E-state index < -0.39 is 0 Å². The van der Waals surface area contributed by atoms with Crippen LogP contribution in [0.25, 0.3) is 0 Å². The van der Waals surface area contributed by atoms with Gasteiger partial charge in [0.05, 0.1) is 0 Å². The molecule has 2 aliphatic rings. The Hall–Kier alpha value is -0.340. The molecule has 2 unspecified atom stereocenters. The van der Waals surface area contributed by atoms with Crippen molar-refractivity contribution in [2.75, 3.05) is 20.1 Å². The first-order valence-corrected chi connectivity index (χ1v) is 9.64. The van der Waals surface area contributed by atoms with E-state index in [0.717, 1.165) is 25.1 Å². The van der Waals surface area contributed by atoms with Crippen LogP contribution in [0.5, 0.6) is 0 Å². The van der Waals surface area contributed by atoms with Crippen LogP contribution in [0.3, 0.4) is 0 Å². The number of hydrogen-bond donors (Lipinski definition) is 2. The van der Waals surface area contributed by atoms with Crippen LogP contribution >= 0.6 is 35.3 Å². The molecule has 4 nitrogen and oxygen atoms in total. The monoisotopic (exact) mass is 462 g/mol. The maximum Gasteiger partial charge on any atom is 0.191 e. The fraction of sp³-hybridized carbons (Fsp3) is 0.722. The summed E-state index contributed by atoms with van der Waals surface area (Å²) in [6.07, 6.45) is 3.99. The van der Waals surface area contributed by atoms with Crippen molar-refractivity contribution in [1.29, 1.82) is 0 Å². The van der Waals surface area contributed by atoms with Gasteiger partial charge in [-0.25, -0.2) is 0 Å². The number of rotatable bonds is 5. The van der Waals surface area contributed by atoms with Crippen LogP contribution < -0.4 is 10.6 Å². The summed E-state index contributed by atoms with van der Waals surface area (Å²) in [5.74, 6) is 0.935. The SMILES string of the molecule is CN=C(NCC(C)(C)c1cccs1)NC1CC(C)N(C2CC2)C1.I. The summed E-state index contributed by atoms with van der Waals surface area (Å²) in [5, 5.41) is 9.30. The van der Waals surface area contributed by atoms with Gasteiger partial charge >= 0.3 is 0 Å². The van der Waals surface area contributed by atoms with Crippen molar-refractivity contribution in [2.45, 2.75) is 63.6 Å². The molecule has 0 radical (unpaired) electrons. The van der Waals surface area contributed by atoms with E-state index in [1.54, 1.807) is 0 Å². The molecule has 6 heteroatoms. The molecule has 0 aromatic carbocycles. The third-order valence-corrected chi connectivity index (χ3v) is 6.33. The summed E-state index contributed by atoms with van der Waals surface area (Å²) < 4.78 is 0. The number of halogens is 1. The van der Waals surface area contributed by atoms with E-state index in [9.17, 15) is 0 Å². The molecular formula is C18H31IN4S. The molecule has 3 rings (SSSR count). The lowest BCUT2D eigenvalue weighted by Gasteiger charge is -2.26. The fourth-order valence-electron chi connectivity index (χ4n) is 3.52. The molecule has 2 atom stereocenters. The number of nitrogens with one attached hydrogen (secondary N) is 2. The van der Waals surface area contributed by atoms with Gasteiger partial charge in [-0.05, 0) is 37.6 Å². The Balaban J connectivity index is 0.00000208. The van der Waals surface area contributed by atoms with Gasteiger partial charge in [0.15, 0.2) is 5.96 Å². The fourth-order valence-corrected chi connectivity index (χ4v) is 4.37. The molecule has 2 fully saturated rings. The summed E-state index contributed by atoms with van der Waals surface area (Å²) in [7, 11) is 1.87. The number of guanidine groups is 1. The smallest absolute Gasteiger partial charge is 0.191 e. The van der Waals surface area contributed by atoms with Gasteiger partial charge in [0.25, 0.3) is 0 Å². The standard InChI is InChI=1S/C18H30N4S.HI/c1-13-10-14(11-22(13)15-7-8-15)21-17(19-4)20-12-18(2,3)16-6-5-9-23-16;/h5-6,9,13-15H,7-8,10-12H2,1-4H3,(H2,19,20,21);1H. The highest BCUT2D eigenvalue weighted by atomic mass is 127. The quantitative estimate of drug-likeness (QED) is 0.400. The van der Waals surface area contributed by atoms with E-state index in [1.165, 1.54) is 24.1 Å². The van der Waals surface area contributed by atoms with Crippen molar-refractivity contribution in [3.05, 3.63) is 22.4 Å². The molecule has 1 aliphatic carbocycles. The van der Waals surface area contributed by atoms with Crippen molar-refractivity contribution >= 4 is 41.3 Å². The molecule has 136 valence electrons. The maximum absolute atomic E-state index is 4.43. The average molecular weight is 462 g/mol. The molecule has 1 aliphatic heterocycles. The van der Waals surface area contributed by atoms with E-state index in [2.05, 4.69) is 58.8 Å². The van der Waals surface area contributed by atoms with Crippen molar-refractivity contribution in [2.24, 2.45) is 4.99 Å². The van der Waals surface area contributed by atoms with Gasteiger partial charge in [0, 0.05) is 48.6 Å². The molecule has 0 spiro atoms. The van der Waals surface area contributed by atoms with Crippen LogP contribution in [0.15, 0.2) is 22.5 Å². The molecule has 1 saturated carbocycles. The number of nitrogens with zero attached hydrogens (tertiary/aromatic N) is 2. The largest absolute Gasteiger partial charge is 0.356 e. The number of aliphatic imine (C=N–C) groups is 1. The second kappa shape index (κ2) is 8.36. The third kappa shape index (κ3) is 4.85. The van der Waals surface area contributed by atoms with Gasteiger partial charge in [-0.3, -0.25) is 9.89 Å². The molecule has 1 saturated heterocycles. The Morgan fingerprint density at radius 2 is 2.17 bits per heavy atom. The lowest BCUT2D eigenvalue weighted by atomic mass is 9.91. The van der Waals surface area contributed by atoms with Crippen molar-refractivity contribution in [3.63, 3.8) is 0 Å². The minimum absolute atomic E-state index is 0. The topological polar surface area (TPSA) is 39.7 Å². The summed E-state index contributed by atoms with van der Waals surface area (Å²) in [6.45, 7) is 8.97. The molecule has 1 aromatic rings. The molecule has 0 bridgehead atoms. The minimum Gasteiger partial charge on any atom is -0.356 e. The highest BCUT2D eigenvalue weighted by Gasteiger charge is 2.39.